The average molecular weight is 259 g/mol. The standard InChI is InChI=1S/C15H21N3O/c1-11(19)18-8-6-13(10-18)17-15-4-2-3-12-5-7-16-9-14(12)15/h2-4,13,16-17H,5-10H2,1H3/t13-/m1/s1. The van der Waals surface area contributed by atoms with Crippen molar-refractivity contribution >= 4 is 11.6 Å². The molecule has 4 nitrogen and oxygen atoms in total. The second kappa shape index (κ2) is 5.21. The molecule has 1 atom stereocenters. The highest BCUT2D eigenvalue weighted by Crippen LogP contribution is 2.25. The Labute approximate surface area is 114 Å². The SMILES string of the molecule is CC(=O)N1CC[C@@H](Nc2cccc3c2CNCC3)C1. The molecule has 0 aliphatic carbocycles. The van der Waals surface area contributed by atoms with Crippen LogP contribution < -0.4 is 10.6 Å². The van der Waals surface area contributed by atoms with E-state index in [0.29, 0.717) is 6.04 Å². The maximum Gasteiger partial charge on any atom is 0.219 e. The smallest absolute Gasteiger partial charge is 0.219 e. The Hall–Kier alpha value is -1.55. The van der Waals surface area contributed by atoms with Crippen LogP contribution >= 0.6 is 0 Å². The van der Waals surface area contributed by atoms with Crippen LogP contribution in [0.4, 0.5) is 5.69 Å². The number of carbonyl (C=O) groups excluding carboxylic acids is 1. The Morgan fingerprint density at radius 2 is 2.37 bits per heavy atom. The molecule has 0 spiro atoms. The molecule has 0 saturated carbocycles. The average Bonchev–Trinajstić information content (AvgIpc) is 2.88. The first kappa shape index (κ1) is 12.5. The van der Waals surface area contributed by atoms with Gasteiger partial charge in [-0.05, 0) is 36.6 Å². The normalized spacial score (nSPS) is 22.2. The van der Waals surface area contributed by atoms with Crippen molar-refractivity contribution in [1.82, 2.24) is 10.2 Å². The summed E-state index contributed by atoms with van der Waals surface area (Å²) < 4.78 is 0. The second-order valence-corrected chi connectivity index (χ2v) is 5.46. The molecule has 3 rings (SSSR count). The van der Waals surface area contributed by atoms with E-state index >= 15 is 0 Å². The molecular weight excluding hydrogens is 238 g/mol. The summed E-state index contributed by atoms with van der Waals surface area (Å²) in [4.78, 5) is 13.3. The molecule has 2 heterocycles. The Morgan fingerprint density at radius 3 is 3.16 bits per heavy atom. The van der Waals surface area contributed by atoms with Gasteiger partial charge in [0.05, 0.1) is 0 Å². The number of hydrogen-bond donors (Lipinski definition) is 2. The summed E-state index contributed by atoms with van der Waals surface area (Å²) in [6.45, 7) is 5.36. The van der Waals surface area contributed by atoms with Gasteiger partial charge in [-0.2, -0.15) is 0 Å². The first-order chi connectivity index (χ1) is 9.24. The summed E-state index contributed by atoms with van der Waals surface area (Å²) in [5.41, 5.74) is 4.08. The fourth-order valence-corrected chi connectivity index (χ4v) is 3.03. The third-order valence-corrected chi connectivity index (χ3v) is 4.14. The van der Waals surface area contributed by atoms with Gasteiger partial charge in [-0.25, -0.2) is 0 Å². The van der Waals surface area contributed by atoms with Crippen LogP contribution in [0.15, 0.2) is 18.2 Å². The highest BCUT2D eigenvalue weighted by molar-refractivity contribution is 5.73. The van der Waals surface area contributed by atoms with Gasteiger partial charge in [0.25, 0.3) is 0 Å². The summed E-state index contributed by atoms with van der Waals surface area (Å²) in [6.07, 6.45) is 2.14. The Morgan fingerprint density at radius 1 is 1.47 bits per heavy atom. The number of likely N-dealkylation sites (tertiary alicyclic amines) is 1. The molecule has 2 N–H and O–H groups in total. The highest BCUT2D eigenvalue weighted by atomic mass is 16.2. The number of carbonyl (C=O) groups is 1. The number of hydrogen-bond acceptors (Lipinski definition) is 3. The van der Waals surface area contributed by atoms with Crippen LogP contribution in [0.25, 0.3) is 0 Å². The molecule has 0 aromatic heterocycles. The number of benzene rings is 1. The van der Waals surface area contributed by atoms with Crippen molar-refractivity contribution in [3.05, 3.63) is 29.3 Å². The quantitative estimate of drug-likeness (QED) is 0.843. The zero-order chi connectivity index (χ0) is 13.2. The van der Waals surface area contributed by atoms with Gasteiger partial charge in [0, 0.05) is 38.3 Å². The molecule has 1 amide bonds. The molecule has 0 radical (unpaired) electrons. The minimum atomic E-state index is 0.182. The number of rotatable bonds is 2. The minimum absolute atomic E-state index is 0.182. The van der Waals surface area contributed by atoms with Gasteiger partial charge in [0.1, 0.15) is 0 Å². The molecule has 102 valence electrons. The van der Waals surface area contributed by atoms with Crippen LogP contribution in [0.5, 0.6) is 0 Å². The predicted octanol–water partition coefficient (Wildman–Crippen LogP) is 1.37. The van der Waals surface area contributed by atoms with Gasteiger partial charge in [0.15, 0.2) is 0 Å². The van der Waals surface area contributed by atoms with E-state index in [9.17, 15) is 4.79 Å². The zero-order valence-electron chi connectivity index (χ0n) is 11.4. The molecule has 0 bridgehead atoms. The van der Waals surface area contributed by atoms with Gasteiger partial charge in [-0.1, -0.05) is 12.1 Å². The third kappa shape index (κ3) is 2.59. The van der Waals surface area contributed by atoms with Crippen molar-refractivity contribution in [2.75, 3.05) is 25.0 Å². The number of anilines is 1. The van der Waals surface area contributed by atoms with Crippen molar-refractivity contribution in [2.45, 2.75) is 32.4 Å². The predicted molar refractivity (Wildman–Crippen MR) is 76.1 cm³/mol. The van der Waals surface area contributed by atoms with E-state index in [-0.39, 0.29) is 5.91 Å². The van der Waals surface area contributed by atoms with E-state index in [1.807, 2.05) is 4.90 Å². The van der Waals surface area contributed by atoms with Crippen LogP contribution in [-0.4, -0.2) is 36.5 Å². The van der Waals surface area contributed by atoms with Gasteiger partial charge in [0.2, 0.25) is 5.91 Å². The van der Waals surface area contributed by atoms with Crippen LogP contribution in [0.2, 0.25) is 0 Å². The molecule has 1 saturated heterocycles. The van der Waals surface area contributed by atoms with Crippen molar-refractivity contribution in [3.63, 3.8) is 0 Å². The summed E-state index contributed by atoms with van der Waals surface area (Å²) in [6, 6.07) is 6.89. The summed E-state index contributed by atoms with van der Waals surface area (Å²) >= 11 is 0. The summed E-state index contributed by atoms with van der Waals surface area (Å²) in [7, 11) is 0. The lowest BCUT2D eigenvalue weighted by atomic mass is 9.99. The fourth-order valence-electron chi connectivity index (χ4n) is 3.03. The van der Waals surface area contributed by atoms with Crippen molar-refractivity contribution in [3.8, 4) is 0 Å². The van der Waals surface area contributed by atoms with Crippen LogP contribution in [0.3, 0.4) is 0 Å². The molecule has 1 aromatic carbocycles. The largest absolute Gasteiger partial charge is 0.380 e. The van der Waals surface area contributed by atoms with Crippen LogP contribution in [0, 0.1) is 0 Å². The Bertz CT molecular complexity index is 486. The van der Waals surface area contributed by atoms with Gasteiger partial charge in [-0.3, -0.25) is 4.79 Å². The lowest BCUT2D eigenvalue weighted by molar-refractivity contribution is -0.127. The first-order valence-electron chi connectivity index (χ1n) is 7.07. The van der Waals surface area contributed by atoms with Crippen LogP contribution in [-0.2, 0) is 17.8 Å². The molecular formula is C15H21N3O. The van der Waals surface area contributed by atoms with E-state index in [2.05, 4.69) is 28.8 Å². The van der Waals surface area contributed by atoms with E-state index in [0.717, 1.165) is 39.0 Å². The van der Waals surface area contributed by atoms with E-state index in [4.69, 9.17) is 0 Å². The zero-order valence-corrected chi connectivity index (χ0v) is 11.4. The fraction of sp³-hybridized carbons (Fsp3) is 0.533. The number of amides is 1. The molecule has 0 unspecified atom stereocenters. The summed E-state index contributed by atoms with van der Waals surface area (Å²) in [5, 5.41) is 7.05. The van der Waals surface area contributed by atoms with Gasteiger partial charge < -0.3 is 15.5 Å². The molecule has 2 aliphatic rings. The Kier molecular flexibility index (Phi) is 3.42. The molecule has 19 heavy (non-hydrogen) atoms. The maximum absolute atomic E-state index is 11.4. The summed E-state index contributed by atoms with van der Waals surface area (Å²) in [5.74, 6) is 0.182. The van der Waals surface area contributed by atoms with Crippen molar-refractivity contribution in [1.29, 1.82) is 0 Å². The molecule has 1 fully saturated rings. The third-order valence-electron chi connectivity index (χ3n) is 4.14. The lowest BCUT2D eigenvalue weighted by Crippen LogP contribution is -2.30. The van der Waals surface area contributed by atoms with Crippen molar-refractivity contribution in [2.24, 2.45) is 0 Å². The lowest BCUT2D eigenvalue weighted by Gasteiger charge is -2.23. The van der Waals surface area contributed by atoms with Gasteiger partial charge in [-0.15, -0.1) is 0 Å². The van der Waals surface area contributed by atoms with E-state index in [1.165, 1.54) is 16.8 Å². The monoisotopic (exact) mass is 259 g/mol. The van der Waals surface area contributed by atoms with Crippen LogP contribution in [0.1, 0.15) is 24.5 Å². The van der Waals surface area contributed by atoms with E-state index < -0.39 is 0 Å². The highest BCUT2D eigenvalue weighted by Gasteiger charge is 2.24. The minimum Gasteiger partial charge on any atom is -0.380 e. The molecule has 2 aliphatic heterocycles. The second-order valence-electron chi connectivity index (χ2n) is 5.46. The number of nitrogens with zero attached hydrogens (tertiary/aromatic N) is 1. The van der Waals surface area contributed by atoms with E-state index in [1.54, 1.807) is 6.92 Å². The molecule has 4 heteroatoms. The van der Waals surface area contributed by atoms with Crippen molar-refractivity contribution < 1.29 is 4.79 Å². The molecule has 1 aromatic rings. The number of fused-ring (bicyclic) bond motifs is 1. The topological polar surface area (TPSA) is 44.4 Å². The first-order valence-corrected chi connectivity index (χ1v) is 7.07. The maximum atomic E-state index is 11.4. The van der Waals surface area contributed by atoms with Gasteiger partial charge >= 0.3 is 0 Å². The number of nitrogens with one attached hydrogen (secondary N) is 2. The Balaban J connectivity index is 1.72.